The maximum Gasteiger partial charge on any atom is 0.0223 e. The van der Waals surface area contributed by atoms with Crippen LogP contribution in [0.25, 0.3) is 0 Å². The Morgan fingerprint density at radius 1 is 1.00 bits per heavy atom. The Labute approximate surface area is 87.0 Å². The number of likely N-dealkylation sites (tertiary alicyclic amines) is 1. The molecule has 0 amide bonds. The van der Waals surface area contributed by atoms with E-state index in [1.807, 2.05) is 0 Å². The van der Waals surface area contributed by atoms with E-state index in [-0.39, 0.29) is 0 Å². The SMILES string of the molecule is C1CCC(N2CC3CCC2C3)CNC1. The van der Waals surface area contributed by atoms with Crippen molar-refractivity contribution >= 4 is 0 Å². The summed E-state index contributed by atoms with van der Waals surface area (Å²) in [7, 11) is 0. The fraction of sp³-hybridized carbons (Fsp3) is 1.00. The minimum absolute atomic E-state index is 0.868. The van der Waals surface area contributed by atoms with E-state index in [1.54, 1.807) is 0 Å². The first-order chi connectivity index (χ1) is 6.93. The topological polar surface area (TPSA) is 15.3 Å². The molecule has 0 spiro atoms. The Bertz CT molecular complexity index is 196. The molecule has 3 rings (SSSR count). The molecule has 3 fully saturated rings. The van der Waals surface area contributed by atoms with Gasteiger partial charge in [-0.05, 0) is 44.6 Å². The zero-order valence-electron chi connectivity index (χ0n) is 9.04. The molecule has 1 N–H and O–H groups in total. The molecule has 80 valence electrons. The molecule has 3 atom stereocenters. The summed E-state index contributed by atoms with van der Waals surface area (Å²) in [6.07, 6.45) is 8.78. The summed E-state index contributed by atoms with van der Waals surface area (Å²) < 4.78 is 0. The minimum Gasteiger partial charge on any atom is -0.315 e. The minimum atomic E-state index is 0.868. The van der Waals surface area contributed by atoms with Crippen LogP contribution in [-0.2, 0) is 0 Å². The van der Waals surface area contributed by atoms with Crippen LogP contribution in [0.2, 0.25) is 0 Å². The number of hydrogen-bond acceptors (Lipinski definition) is 2. The van der Waals surface area contributed by atoms with Gasteiger partial charge >= 0.3 is 0 Å². The van der Waals surface area contributed by atoms with Gasteiger partial charge in [-0.3, -0.25) is 4.90 Å². The van der Waals surface area contributed by atoms with Crippen LogP contribution in [0.1, 0.15) is 38.5 Å². The number of nitrogens with zero attached hydrogens (tertiary/aromatic N) is 1. The lowest BCUT2D eigenvalue weighted by Crippen LogP contribution is -2.45. The van der Waals surface area contributed by atoms with Gasteiger partial charge in [0, 0.05) is 25.2 Å². The van der Waals surface area contributed by atoms with Crippen molar-refractivity contribution in [2.75, 3.05) is 19.6 Å². The third-order valence-electron chi connectivity index (χ3n) is 4.44. The molecule has 1 aliphatic carbocycles. The van der Waals surface area contributed by atoms with Crippen molar-refractivity contribution in [3.05, 3.63) is 0 Å². The molecule has 2 bridgehead atoms. The van der Waals surface area contributed by atoms with Gasteiger partial charge in [0.1, 0.15) is 0 Å². The van der Waals surface area contributed by atoms with Crippen LogP contribution in [0.3, 0.4) is 0 Å². The Morgan fingerprint density at radius 3 is 2.79 bits per heavy atom. The summed E-state index contributed by atoms with van der Waals surface area (Å²) in [6.45, 7) is 3.92. The van der Waals surface area contributed by atoms with Crippen molar-refractivity contribution in [3.8, 4) is 0 Å². The summed E-state index contributed by atoms with van der Waals surface area (Å²) >= 11 is 0. The number of piperidine rings is 1. The molecule has 2 heteroatoms. The van der Waals surface area contributed by atoms with Crippen LogP contribution in [0.15, 0.2) is 0 Å². The first-order valence-electron chi connectivity index (χ1n) is 6.40. The zero-order valence-corrected chi connectivity index (χ0v) is 9.04. The van der Waals surface area contributed by atoms with E-state index in [1.165, 1.54) is 58.2 Å². The Morgan fingerprint density at radius 2 is 2.00 bits per heavy atom. The average Bonchev–Trinajstić information content (AvgIpc) is 2.72. The average molecular weight is 194 g/mol. The molecular weight excluding hydrogens is 172 g/mol. The number of rotatable bonds is 1. The molecule has 0 aromatic rings. The first-order valence-corrected chi connectivity index (χ1v) is 6.40. The van der Waals surface area contributed by atoms with Crippen LogP contribution < -0.4 is 5.32 Å². The van der Waals surface area contributed by atoms with Crippen molar-refractivity contribution in [1.82, 2.24) is 10.2 Å². The van der Waals surface area contributed by atoms with Gasteiger partial charge in [0.15, 0.2) is 0 Å². The molecule has 14 heavy (non-hydrogen) atoms. The highest BCUT2D eigenvalue weighted by Gasteiger charge is 2.40. The Balaban J connectivity index is 1.63. The predicted octanol–water partition coefficient (Wildman–Crippen LogP) is 1.61. The molecule has 2 aliphatic heterocycles. The van der Waals surface area contributed by atoms with Crippen molar-refractivity contribution in [2.24, 2.45) is 5.92 Å². The lowest BCUT2D eigenvalue weighted by molar-refractivity contribution is 0.142. The van der Waals surface area contributed by atoms with E-state index >= 15 is 0 Å². The molecule has 0 aromatic heterocycles. The second-order valence-corrected chi connectivity index (χ2v) is 5.38. The second-order valence-electron chi connectivity index (χ2n) is 5.38. The summed E-state index contributed by atoms with van der Waals surface area (Å²) in [5, 5.41) is 3.59. The molecule has 2 nitrogen and oxygen atoms in total. The Kier molecular flexibility index (Phi) is 2.50. The van der Waals surface area contributed by atoms with Gasteiger partial charge in [0.25, 0.3) is 0 Å². The highest BCUT2D eigenvalue weighted by atomic mass is 15.2. The predicted molar refractivity (Wildman–Crippen MR) is 58.3 cm³/mol. The molecule has 1 saturated carbocycles. The fourth-order valence-electron chi connectivity index (χ4n) is 3.69. The Hall–Kier alpha value is -0.0800. The largest absolute Gasteiger partial charge is 0.315 e. The van der Waals surface area contributed by atoms with Crippen LogP contribution in [0, 0.1) is 5.92 Å². The van der Waals surface area contributed by atoms with E-state index in [2.05, 4.69) is 10.2 Å². The maximum absolute atomic E-state index is 3.59. The molecular formula is C12H22N2. The van der Waals surface area contributed by atoms with E-state index in [0.717, 1.165) is 18.0 Å². The van der Waals surface area contributed by atoms with Crippen LogP contribution in [0.5, 0.6) is 0 Å². The molecule has 2 saturated heterocycles. The third kappa shape index (κ3) is 1.59. The summed E-state index contributed by atoms with van der Waals surface area (Å²) in [5.41, 5.74) is 0. The second kappa shape index (κ2) is 3.82. The number of hydrogen-bond donors (Lipinski definition) is 1. The highest BCUT2D eigenvalue weighted by molar-refractivity contribution is 4.95. The van der Waals surface area contributed by atoms with Gasteiger partial charge in [-0.15, -0.1) is 0 Å². The third-order valence-corrected chi connectivity index (χ3v) is 4.44. The molecule has 3 unspecified atom stereocenters. The van der Waals surface area contributed by atoms with Crippen LogP contribution >= 0.6 is 0 Å². The standard InChI is InChI=1S/C12H22N2/c1-2-6-13-8-12(3-1)14-9-10-4-5-11(14)7-10/h10-13H,1-9H2. The monoisotopic (exact) mass is 194 g/mol. The van der Waals surface area contributed by atoms with Gasteiger partial charge in [-0.2, -0.15) is 0 Å². The van der Waals surface area contributed by atoms with Gasteiger partial charge in [0.2, 0.25) is 0 Å². The van der Waals surface area contributed by atoms with Crippen molar-refractivity contribution in [1.29, 1.82) is 0 Å². The van der Waals surface area contributed by atoms with E-state index in [4.69, 9.17) is 0 Å². The fourth-order valence-corrected chi connectivity index (χ4v) is 3.69. The molecule has 2 heterocycles. The van der Waals surface area contributed by atoms with Crippen LogP contribution in [-0.4, -0.2) is 36.6 Å². The molecule has 0 radical (unpaired) electrons. The quantitative estimate of drug-likeness (QED) is 0.682. The smallest absolute Gasteiger partial charge is 0.0223 e. The zero-order chi connectivity index (χ0) is 9.38. The van der Waals surface area contributed by atoms with E-state index in [9.17, 15) is 0 Å². The van der Waals surface area contributed by atoms with Gasteiger partial charge < -0.3 is 5.32 Å². The van der Waals surface area contributed by atoms with Crippen LogP contribution in [0.4, 0.5) is 0 Å². The van der Waals surface area contributed by atoms with E-state index < -0.39 is 0 Å². The van der Waals surface area contributed by atoms with Crippen molar-refractivity contribution < 1.29 is 0 Å². The molecule has 0 aromatic carbocycles. The summed E-state index contributed by atoms with van der Waals surface area (Å²) in [4.78, 5) is 2.83. The van der Waals surface area contributed by atoms with Gasteiger partial charge in [-0.1, -0.05) is 6.42 Å². The summed E-state index contributed by atoms with van der Waals surface area (Å²) in [5.74, 6) is 1.06. The van der Waals surface area contributed by atoms with Crippen molar-refractivity contribution in [2.45, 2.75) is 50.6 Å². The number of nitrogens with one attached hydrogen (secondary N) is 1. The van der Waals surface area contributed by atoms with E-state index in [0.29, 0.717) is 0 Å². The van der Waals surface area contributed by atoms with Gasteiger partial charge in [-0.25, -0.2) is 0 Å². The molecule has 3 aliphatic rings. The highest BCUT2D eigenvalue weighted by Crippen LogP contribution is 2.39. The maximum atomic E-state index is 3.59. The summed E-state index contributed by atoms with van der Waals surface area (Å²) in [6, 6.07) is 1.83. The number of fused-ring (bicyclic) bond motifs is 2. The van der Waals surface area contributed by atoms with Crippen molar-refractivity contribution in [3.63, 3.8) is 0 Å². The first kappa shape index (κ1) is 9.17. The normalized spacial score (nSPS) is 44.1. The lowest BCUT2D eigenvalue weighted by Gasteiger charge is -2.34. The lowest BCUT2D eigenvalue weighted by atomic mass is 10.0. The van der Waals surface area contributed by atoms with Gasteiger partial charge in [0.05, 0.1) is 0 Å².